The monoisotopic (exact) mass is 272 g/mol. The number of hydrogen-bond acceptors (Lipinski definition) is 3. The average molecular weight is 272 g/mol. The Morgan fingerprint density at radius 1 is 1.40 bits per heavy atom. The number of benzene rings is 1. The number of amides is 1. The summed E-state index contributed by atoms with van der Waals surface area (Å²) in [6.07, 6.45) is 4.07. The summed E-state index contributed by atoms with van der Waals surface area (Å²) in [5, 5.41) is 11.3. The highest BCUT2D eigenvalue weighted by molar-refractivity contribution is 5.97. The van der Waals surface area contributed by atoms with Gasteiger partial charge >= 0.3 is 0 Å². The van der Waals surface area contributed by atoms with Crippen LogP contribution in [0.4, 0.5) is 0 Å². The number of carbonyl (C=O) groups is 1. The molecule has 0 aliphatic carbocycles. The largest absolute Gasteiger partial charge is 0.341 e. The van der Waals surface area contributed by atoms with Crippen LogP contribution in [0.25, 0.3) is 10.9 Å². The maximum Gasteiger partial charge on any atom is 0.253 e. The van der Waals surface area contributed by atoms with Gasteiger partial charge in [0.25, 0.3) is 5.91 Å². The van der Waals surface area contributed by atoms with Crippen LogP contribution in [-0.2, 0) is 0 Å². The van der Waals surface area contributed by atoms with Crippen LogP contribution in [0.15, 0.2) is 24.4 Å². The molecule has 5 nitrogen and oxygen atoms in total. The van der Waals surface area contributed by atoms with E-state index in [0.717, 1.165) is 48.9 Å². The second-order valence-corrected chi connectivity index (χ2v) is 5.55. The first-order valence-electron chi connectivity index (χ1n) is 7.13. The van der Waals surface area contributed by atoms with Gasteiger partial charge in [0.2, 0.25) is 0 Å². The lowest BCUT2D eigenvalue weighted by molar-refractivity contribution is 0.0763. The van der Waals surface area contributed by atoms with Gasteiger partial charge in [-0.2, -0.15) is 5.10 Å². The Bertz CT molecular complexity index is 601. The molecule has 1 aliphatic rings. The van der Waals surface area contributed by atoms with Crippen molar-refractivity contribution in [2.24, 2.45) is 5.92 Å². The van der Waals surface area contributed by atoms with Crippen molar-refractivity contribution in [1.29, 1.82) is 0 Å². The van der Waals surface area contributed by atoms with Crippen LogP contribution in [-0.4, -0.2) is 47.7 Å². The first kappa shape index (κ1) is 13.1. The summed E-state index contributed by atoms with van der Waals surface area (Å²) in [5.74, 6) is 0.695. The molecule has 20 heavy (non-hydrogen) atoms. The highest BCUT2D eigenvalue weighted by Crippen LogP contribution is 2.17. The predicted octanol–water partition coefficient (Wildman–Crippen LogP) is 1.63. The third kappa shape index (κ3) is 2.67. The second kappa shape index (κ2) is 5.63. The molecule has 0 atom stereocenters. The van der Waals surface area contributed by atoms with E-state index in [4.69, 9.17) is 0 Å². The summed E-state index contributed by atoms with van der Waals surface area (Å²) in [7, 11) is 1.89. The van der Waals surface area contributed by atoms with Gasteiger partial charge in [0.1, 0.15) is 0 Å². The minimum atomic E-state index is 0.0834. The third-order valence-electron chi connectivity index (χ3n) is 4.03. The molecule has 0 spiro atoms. The molecular weight excluding hydrogens is 252 g/mol. The van der Waals surface area contributed by atoms with Crippen molar-refractivity contribution in [3.05, 3.63) is 30.0 Å². The Morgan fingerprint density at radius 2 is 2.20 bits per heavy atom. The van der Waals surface area contributed by atoms with Crippen LogP contribution in [0.2, 0.25) is 0 Å². The van der Waals surface area contributed by atoms with Crippen molar-refractivity contribution in [3.8, 4) is 0 Å². The van der Waals surface area contributed by atoms with E-state index in [0.29, 0.717) is 5.92 Å². The summed E-state index contributed by atoms with van der Waals surface area (Å²) < 4.78 is 0. The van der Waals surface area contributed by atoms with Crippen LogP contribution in [0.3, 0.4) is 0 Å². The summed E-state index contributed by atoms with van der Waals surface area (Å²) in [6.45, 7) is 2.96. The SMILES string of the molecule is CN(CC1CCNCC1)C(=O)c1ccc2cn[nH]c2c1. The van der Waals surface area contributed by atoms with Crippen molar-refractivity contribution in [2.75, 3.05) is 26.7 Å². The Kier molecular flexibility index (Phi) is 3.69. The van der Waals surface area contributed by atoms with E-state index in [1.165, 1.54) is 0 Å². The highest BCUT2D eigenvalue weighted by Gasteiger charge is 2.19. The van der Waals surface area contributed by atoms with Gasteiger partial charge in [-0.25, -0.2) is 0 Å². The summed E-state index contributed by atoms with van der Waals surface area (Å²) >= 11 is 0. The normalized spacial score (nSPS) is 16.4. The van der Waals surface area contributed by atoms with Gasteiger partial charge in [0.05, 0.1) is 11.7 Å². The minimum Gasteiger partial charge on any atom is -0.341 e. The lowest BCUT2D eigenvalue weighted by Gasteiger charge is -2.27. The average Bonchev–Trinajstić information content (AvgIpc) is 2.94. The fraction of sp³-hybridized carbons (Fsp3) is 0.467. The third-order valence-corrected chi connectivity index (χ3v) is 4.03. The number of aromatic nitrogens is 2. The summed E-state index contributed by atoms with van der Waals surface area (Å²) in [5.41, 5.74) is 1.63. The maximum absolute atomic E-state index is 12.5. The topological polar surface area (TPSA) is 61.0 Å². The first-order valence-corrected chi connectivity index (χ1v) is 7.13. The smallest absolute Gasteiger partial charge is 0.253 e. The van der Waals surface area contributed by atoms with Crippen molar-refractivity contribution >= 4 is 16.8 Å². The van der Waals surface area contributed by atoms with E-state index in [9.17, 15) is 4.79 Å². The first-order chi connectivity index (χ1) is 9.74. The van der Waals surface area contributed by atoms with Crippen LogP contribution < -0.4 is 5.32 Å². The van der Waals surface area contributed by atoms with Crippen LogP contribution in [0.1, 0.15) is 23.2 Å². The van der Waals surface area contributed by atoms with Crippen LogP contribution in [0, 0.1) is 5.92 Å². The van der Waals surface area contributed by atoms with Gasteiger partial charge in [-0.05, 0) is 44.0 Å². The van der Waals surface area contributed by atoms with Gasteiger partial charge in [-0.15, -0.1) is 0 Å². The number of nitrogens with zero attached hydrogens (tertiary/aromatic N) is 2. The molecule has 0 radical (unpaired) electrons. The highest BCUT2D eigenvalue weighted by atomic mass is 16.2. The fourth-order valence-corrected chi connectivity index (χ4v) is 2.82. The van der Waals surface area contributed by atoms with Crippen molar-refractivity contribution in [2.45, 2.75) is 12.8 Å². The molecule has 1 fully saturated rings. The Balaban J connectivity index is 1.70. The summed E-state index contributed by atoms with van der Waals surface area (Å²) in [4.78, 5) is 14.3. The zero-order chi connectivity index (χ0) is 13.9. The van der Waals surface area contributed by atoms with E-state index in [1.807, 2.05) is 30.1 Å². The zero-order valence-electron chi connectivity index (χ0n) is 11.7. The van der Waals surface area contributed by atoms with Gasteiger partial charge in [-0.1, -0.05) is 6.07 Å². The van der Waals surface area contributed by atoms with Crippen molar-refractivity contribution < 1.29 is 4.79 Å². The maximum atomic E-state index is 12.5. The molecule has 0 bridgehead atoms. The molecule has 1 aromatic carbocycles. The lowest BCUT2D eigenvalue weighted by atomic mass is 9.97. The molecule has 0 saturated carbocycles. The van der Waals surface area contributed by atoms with Gasteiger partial charge in [-0.3, -0.25) is 9.89 Å². The molecule has 1 amide bonds. The quantitative estimate of drug-likeness (QED) is 0.893. The number of nitrogens with one attached hydrogen (secondary N) is 2. The van der Waals surface area contributed by atoms with Gasteiger partial charge < -0.3 is 10.2 Å². The molecule has 1 aromatic heterocycles. The zero-order valence-corrected chi connectivity index (χ0v) is 11.7. The number of hydrogen-bond donors (Lipinski definition) is 2. The number of piperidine rings is 1. The molecule has 1 saturated heterocycles. The molecule has 2 heterocycles. The van der Waals surface area contributed by atoms with Gasteiger partial charge in [0, 0.05) is 24.5 Å². The molecule has 1 aliphatic heterocycles. The number of aromatic amines is 1. The molecule has 3 rings (SSSR count). The van der Waals surface area contributed by atoms with Gasteiger partial charge in [0.15, 0.2) is 0 Å². The Labute approximate surface area is 118 Å². The fourth-order valence-electron chi connectivity index (χ4n) is 2.82. The minimum absolute atomic E-state index is 0.0834. The van der Waals surface area contributed by atoms with E-state index in [2.05, 4.69) is 15.5 Å². The molecule has 2 N–H and O–H groups in total. The molecule has 106 valence electrons. The number of H-pyrrole nitrogens is 1. The molecule has 0 unspecified atom stereocenters. The molecule has 2 aromatic rings. The van der Waals surface area contributed by atoms with Crippen molar-refractivity contribution in [1.82, 2.24) is 20.4 Å². The van der Waals surface area contributed by atoms with E-state index in [-0.39, 0.29) is 5.91 Å². The van der Waals surface area contributed by atoms with E-state index in [1.54, 1.807) is 6.20 Å². The number of fused-ring (bicyclic) bond motifs is 1. The number of carbonyl (C=O) groups excluding carboxylic acids is 1. The molecular formula is C15H20N4O. The van der Waals surface area contributed by atoms with Crippen LogP contribution >= 0.6 is 0 Å². The van der Waals surface area contributed by atoms with Crippen LogP contribution in [0.5, 0.6) is 0 Å². The van der Waals surface area contributed by atoms with Crippen molar-refractivity contribution in [3.63, 3.8) is 0 Å². The molecule has 5 heteroatoms. The van der Waals surface area contributed by atoms with E-state index >= 15 is 0 Å². The standard InChI is InChI=1S/C15H20N4O/c1-19(10-11-4-6-16-7-5-11)15(20)12-2-3-13-9-17-18-14(13)8-12/h2-3,8-9,11,16H,4-7,10H2,1H3,(H,17,18). The lowest BCUT2D eigenvalue weighted by Crippen LogP contribution is -2.37. The second-order valence-electron chi connectivity index (χ2n) is 5.55. The Hall–Kier alpha value is -1.88. The van der Waals surface area contributed by atoms with E-state index < -0.39 is 0 Å². The number of rotatable bonds is 3. The summed E-state index contributed by atoms with van der Waals surface area (Å²) in [6, 6.07) is 5.69. The Morgan fingerprint density at radius 3 is 3.00 bits per heavy atom. The predicted molar refractivity (Wildman–Crippen MR) is 78.6 cm³/mol.